The van der Waals surface area contributed by atoms with Gasteiger partial charge in [-0.15, -0.1) is 0 Å². The first kappa shape index (κ1) is 15.9. The van der Waals surface area contributed by atoms with Crippen molar-refractivity contribution in [2.45, 2.75) is 59.2 Å². The van der Waals surface area contributed by atoms with Crippen molar-refractivity contribution in [3.05, 3.63) is 0 Å². The summed E-state index contributed by atoms with van der Waals surface area (Å²) in [6.45, 7) is 16.1. The lowest BCUT2D eigenvalue weighted by Crippen LogP contribution is -2.51. The summed E-state index contributed by atoms with van der Waals surface area (Å²) in [5.74, 6) is 0. The van der Waals surface area contributed by atoms with Crippen LogP contribution in [0.5, 0.6) is 0 Å². The lowest BCUT2D eigenvalue weighted by molar-refractivity contribution is 0.0698. The summed E-state index contributed by atoms with van der Waals surface area (Å²) >= 11 is 0. The van der Waals surface area contributed by atoms with Crippen molar-refractivity contribution < 1.29 is 4.74 Å². The van der Waals surface area contributed by atoms with E-state index in [1.54, 1.807) is 7.11 Å². The molecule has 0 aromatic rings. The highest BCUT2D eigenvalue weighted by atomic mass is 16.5. The minimum absolute atomic E-state index is 0.169. The first-order valence-electron chi connectivity index (χ1n) is 6.31. The highest BCUT2D eigenvalue weighted by Gasteiger charge is 2.21. The molecular formula is C13H30N2O. The smallest absolute Gasteiger partial charge is 0.0630 e. The maximum Gasteiger partial charge on any atom is 0.0630 e. The Morgan fingerprint density at radius 1 is 1.25 bits per heavy atom. The van der Waals surface area contributed by atoms with Gasteiger partial charge >= 0.3 is 0 Å². The van der Waals surface area contributed by atoms with Crippen LogP contribution in [0.3, 0.4) is 0 Å². The zero-order valence-corrected chi connectivity index (χ0v) is 12.1. The summed E-state index contributed by atoms with van der Waals surface area (Å²) in [5, 5.41) is 3.55. The van der Waals surface area contributed by atoms with Gasteiger partial charge in [0.15, 0.2) is 0 Å². The van der Waals surface area contributed by atoms with E-state index >= 15 is 0 Å². The van der Waals surface area contributed by atoms with E-state index in [1.165, 1.54) is 0 Å². The Morgan fingerprint density at radius 3 is 2.12 bits per heavy atom. The SMILES string of the molecule is CCN(C(C)C)C(CNC(C)(C)C)COC. The molecule has 3 heteroatoms. The molecule has 0 aliphatic heterocycles. The molecule has 0 saturated carbocycles. The Morgan fingerprint density at radius 2 is 1.81 bits per heavy atom. The number of nitrogens with zero attached hydrogens (tertiary/aromatic N) is 1. The van der Waals surface area contributed by atoms with Crippen LogP contribution < -0.4 is 5.32 Å². The van der Waals surface area contributed by atoms with Crippen LogP contribution in [0.15, 0.2) is 0 Å². The summed E-state index contributed by atoms with van der Waals surface area (Å²) in [4.78, 5) is 2.47. The number of rotatable bonds is 7. The minimum Gasteiger partial charge on any atom is -0.383 e. The highest BCUT2D eigenvalue weighted by molar-refractivity contribution is 4.80. The zero-order valence-electron chi connectivity index (χ0n) is 12.1. The molecule has 1 N–H and O–H groups in total. The van der Waals surface area contributed by atoms with Gasteiger partial charge in [0.25, 0.3) is 0 Å². The number of ether oxygens (including phenoxy) is 1. The van der Waals surface area contributed by atoms with Gasteiger partial charge < -0.3 is 10.1 Å². The van der Waals surface area contributed by atoms with Gasteiger partial charge in [-0.25, -0.2) is 0 Å². The van der Waals surface area contributed by atoms with Gasteiger partial charge in [0.2, 0.25) is 0 Å². The Balaban J connectivity index is 4.34. The van der Waals surface area contributed by atoms with E-state index in [0.717, 1.165) is 19.7 Å². The lowest BCUT2D eigenvalue weighted by atomic mass is 10.1. The van der Waals surface area contributed by atoms with Gasteiger partial charge in [-0.05, 0) is 41.2 Å². The van der Waals surface area contributed by atoms with E-state index < -0.39 is 0 Å². The molecule has 1 atom stereocenters. The summed E-state index contributed by atoms with van der Waals surface area (Å²) in [6.07, 6.45) is 0. The van der Waals surface area contributed by atoms with Crippen LogP contribution in [0.1, 0.15) is 41.5 Å². The second-order valence-corrected chi connectivity index (χ2v) is 5.66. The topological polar surface area (TPSA) is 24.5 Å². The quantitative estimate of drug-likeness (QED) is 0.725. The van der Waals surface area contributed by atoms with Crippen LogP contribution in [0.4, 0.5) is 0 Å². The molecule has 98 valence electrons. The van der Waals surface area contributed by atoms with Crippen LogP contribution in [0.2, 0.25) is 0 Å². The van der Waals surface area contributed by atoms with Crippen LogP contribution in [-0.4, -0.2) is 49.3 Å². The van der Waals surface area contributed by atoms with E-state index in [9.17, 15) is 0 Å². The molecule has 0 fully saturated rings. The summed E-state index contributed by atoms with van der Waals surface area (Å²) in [5.41, 5.74) is 0.169. The fourth-order valence-electron chi connectivity index (χ4n) is 1.93. The molecule has 0 aliphatic carbocycles. The predicted molar refractivity (Wildman–Crippen MR) is 70.9 cm³/mol. The Bertz CT molecular complexity index is 175. The molecule has 16 heavy (non-hydrogen) atoms. The first-order valence-corrected chi connectivity index (χ1v) is 6.31. The predicted octanol–water partition coefficient (Wildman–Crippen LogP) is 2.12. The Kier molecular flexibility index (Phi) is 7.20. The van der Waals surface area contributed by atoms with Crippen molar-refractivity contribution in [2.24, 2.45) is 0 Å². The van der Waals surface area contributed by atoms with Gasteiger partial charge in [-0.1, -0.05) is 6.92 Å². The third kappa shape index (κ3) is 6.46. The lowest BCUT2D eigenvalue weighted by Gasteiger charge is -2.35. The Labute approximate surface area is 102 Å². The largest absolute Gasteiger partial charge is 0.383 e. The molecule has 1 unspecified atom stereocenters. The fourth-order valence-corrected chi connectivity index (χ4v) is 1.93. The zero-order chi connectivity index (χ0) is 12.8. The maximum absolute atomic E-state index is 5.32. The molecule has 0 heterocycles. The standard InChI is InChI=1S/C13H30N2O/c1-8-15(11(2)3)12(10-16-7)9-14-13(4,5)6/h11-12,14H,8-10H2,1-7H3. The number of hydrogen-bond acceptors (Lipinski definition) is 3. The van der Waals surface area contributed by atoms with Crippen LogP contribution in [0, 0.1) is 0 Å². The third-order valence-electron chi connectivity index (χ3n) is 2.72. The maximum atomic E-state index is 5.32. The molecule has 0 spiro atoms. The van der Waals surface area contributed by atoms with Gasteiger partial charge in [0.1, 0.15) is 0 Å². The van der Waals surface area contributed by atoms with E-state index in [4.69, 9.17) is 4.74 Å². The number of methoxy groups -OCH3 is 1. The molecule has 0 aliphatic rings. The van der Waals surface area contributed by atoms with E-state index in [2.05, 4.69) is 51.8 Å². The number of nitrogens with one attached hydrogen (secondary N) is 1. The van der Waals surface area contributed by atoms with Crippen molar-refractivity contribution in [3.8, 4) is 0 Å². The average molecular weight is 230 g/mol. The van der Waals surface area contributed by atoms with Crippen molar-refractivity contribution in [1.82, 2.24) is 10.2 Å². The summed E-state index contributed by atoms with van der Waals surface area (Å²) in [6, 6.07) is 1.01. The fraction of sp³-hybridized carbons (Fsp3) is 1.00. The summed E-state index contributed by atoms with van der Waals surface area (Å²) < 4.78 is 5.32. The molecule has 3 nitrogen and oxygen atoms in total. The van der Waals surface area contributed by atoms with Gasteiger partial charge in [-0.3, -0.25) is 4.90 Å². The minimum atomic E-state index is 0.169. The van der Waals surface area contributed by atoms with Crippen LogP contribution in [0.25, 0.3) is 0 Å². The van der Waals surface area contributed by atoms with E-state index in [-0.39, 0.29) is 5.54 Å². The van der Waals surface area contributed by atoms with Crippen LogP contribution in [-0.2, 0) is 4.74 Å². The van der Waals surface area contributed by atoms with Gasteiger partial charge in [0, 0.05) is 31.3 Å². The third-order valence-corrected chi connectivity index (χ3v) is 2.72. The molecule has 0 saturated heterocycles. The monoisotopic (exact) mass is 230 g/mol. The summed E-state index contributed by atoms with van der Waals surface area (Å²) in [7, 11) is 1.78. The normalized spacial score (nSPS) is 14.8. The van der Waals surface area contributed by atoms with Gasteiger partial charge in [-0.2, -0.15) is 0 Å². The van der Waals surface area contributed by atoms with Crippen molar-refractivity contribution >= 4 is 0 Å². The average Bonchev–Trinajstić information content (AvgIpc) is 2.13. The van der Waals surface area contributed by atoms with E-state index in [1.807, 2.05) is 0 Å². The molecule has 0 radical (unpaired) electrons. The molecule has 0 rings (SSSR count). The van der Waals surface area contributed by atoms with Crippen LogP contribution >= 0.6 is 0 Å². The second kappa shape index (κ2) is 7.25. The second-order valence-electron chi connectivity index (χ2n) is 5.66. The first-order chi connectivity index (χ1) is 7.31. The van der Waals surface area contributed by atoms with E-state index in [0.29, 0.717) is 12.1 Å². The molecule has 0 aromatic heterocycles. The Hall–Kier alpha value is -0.120. The molecule has 0 bridgehead atoms. The molecular weight excluding hydrogens is 200 g/mol. The molecule has 0 amide bonds. The highest BCUT2D eigenvalue weighted by Crippen LogP contribution is 2.07. The van der Waals surface area contributed by atoms with Crippen molar-refractivity contribution in [3.63, 3.8) is 0 Å². The van der Waals surface area contributed by atoms with Gasteiger partial charge in [0.05, 0.1) is 6.61 Å². The number of likely N-dealkylation sites (N-methyl/N-ethyl adjacent to an activating group) is 1. The number of hydrogen-bond donors (Lipinski definition) is 1. The van der Waals surface area contributed by atoms with Crippen molar-refractivity contribution in [2.75, 3.05) is 26.8 Å². The van der Waals surface area contributed by atoms with Crippen molar-refractivity contribution in [1.29, 1.82) is 0 Å². The molecule has 0 aromatic carbocycles.